The summed E-state index contributed by atoms with van der Waals surface area (Å²) in [4.78, 5) is 47.7. The molecule has 8 heteroatoms. The van der Waals surface area contributed by atoms with Gasteiger partial charge in [0.25, 0.3) is 5.91 Å². The van der Waals surface area contributed by atoms with Gasteiger partial charge in [0.15, 0.2) is 6.61 Å². The van der Waals surface area contributed by atoms with Crippen molar-refractivity contribution in [3.8, 4) is 0 Å². The molecule has 0 unspecified atom stereocenters. The Morgan fingerprint density at radius 3 is 2.22 bits per heavy atom. The van der Waals surface area contributed by atoms with Gasteiger partial charge >= 0.3 is 11.9 Å². The van der Waals surface area contributed by atoms with E-state index in [1.54, 1.807) is 44.2 Å². The maximum absolute atomic E-state index is 12.0. The largest absolute Gasteiger partial charge is 0.459 e. The lowest BCUT2D eigenvalue weighted by atomic mass is 10.1. The van der Waals surface area contributed by atoms with Crippen LogP contribution in [0.15, 0.2) is 48.5 Å². The number of para-hydroxylation sites is 1. The minimum atomic E-state index is -0.647. The first-order valence-electron chi connectivity index (χ1n) is 10.4. The lowest BCUT2D eigenvalue weighted by Crippen LogP contribution is -2.22. The summed E-state index contributed by atoms with van der Waals surface area (Å²) in [6.45, 7) is 5.07. The van der Waals surface area contributed by atoms with Crippen molar-refractivity contribution in [2.75, 3.05) is 17.2 Å². The molecule has 8 nitrogen and oxygen atoms in total. The van der Waals surface area contributed by atoms with E-state index in [-0.39, 0.29) is 24.9 Å². The van der Waals surface area contributed by atoms with Gasteiger partial charge in [0.2, 0.25) is 5.91 Å². The molecule has 0 aliphatic carbocycles. The summed E-state index contributed by atoms with van der Waals surface area (Å²) >= 11 is 0. The molecule has 0 saturated heterocycles. The summed E-state index contributed by atoms with van der Waals surface area (Å²) < 4.78 is 10.0. The molecule has 0 atom stereocenters. The van der Waals surface area contributed by atoms with Crippen LogP contribution in [0.2, 0.25) is 0 Å². The van der Waals surface area contributed by atoms with Crippen molar-refractivity contribution in [1.29, 1.82) is 0 Å². The predicted octanol–water partition coefficient (Wildman–Crippen LogP) is 3.71. The highest BCUT2D eigenvalue weighted by atomic mass is 16.5. The highest BCUT2D eigenvalue weighted by Crippen LogP contribution is 2.15. The fourth-order valence-corrected chi connectivity index (χ4v) is 2.77. The Morgan fingerprint density at radius 1 is 0.875 bits per heavy atom. The summed E-state index contributed by atoms with van der Waals surface area (Å²) in [6, 6.07) is 13.6. The van der Waals surface area contributed by atoms with Crippen LogP contribution in [0.5, 0.6) is 0 Å². The van der Waals surface area contributed by atoms with Gasteiger partial charge in [-0.3, -0.25) is 14.4 Å². The zero-order valence-electron chi connectivity index (χ0n) is 18.5. The predicted molar refractivity (Wildman–Crippen MR) is 120 cm³/mol. The van der Waals surface area contributed by atoms with Crippen LogP contribution in [0.4, 0.5) is 11.4 Å². The Kier molecular flexibility index (Phi) is 9.41. The lowest BCUT2D eigenvalue weighted by Gasteiger charge is -2.10. The SMILES string of the molecule is CCc1ccccc1NC(=O)COC(=O)CCC(=O)Nc1ccc(C(=O)OC(C)C)cc1. The molecule has 32 heavy (non-hydrogen) atoms. The minimum Gasteiger partial charge on any atom is -0.459 e. The van der Waals surface area contributed by atoms with Crippen molar-refractivity contribution in [1.82, 2.24) is 0 Å². The second-order valence-corrected chi connectivity index (χ2v) is 7.30. The van der Waals surface area contributed by atoms with Gasteiger partial charge in [-0.05, 0) is 56.2 Å². The summed E-state index contributed by atoms with van der Waals surface area (Å²) in [6.07, 6.45) is 0.274. The average molecular weight is 440 g/mol. The highest BCUT2D eigenvalue weighted by Gasteiger charge is 2.13. The molecule has 0 heterocycles. The van der Waals surface area contributed by atoms with Crippen LogP contribution in [0.1, 0.15) is 49.5 Å². The van der Waals surface area contributed by atoms with Crippen LogP contribution < -0.4 is 10.6 Å². The van der Waals surface area contributed by atoms with E-state index >= 15 is 0 Å². The summed E-state index contributed by atoms with van der Waals surface area (Å²) in [5.74, 6) is -1.92. The Bertz CT molecular complexity index is 953. The molecule has 0 aliphatic heterocycles. The second kappa shape index (κ2) is 12.2. The molecule has 2 aromatic carbocycles. The molecule has 2 rings (SSSR count). The molecule has 0 aromatic heterocycles. The molecule has 2 aromatic rings. The van der Waals surface area contributed by atoms with Crippen molar-refractivity contribution in [3.05, 3.63) is 59.7 Å². The standard InChI is InChI=1S/C24H28N2O6/c1-4-17-7-5-6-8-20(17)26-22(28)15-31-23(29)14-13-21(27)25-19-11-9-18(10-12-19)24(30)32-16(2)3/h5-12,16H,4,13-15H2,1-3H3,(H,25,27)(H,26,28). The molecular formula is C24H28N2O6. The first-order valence-corrected chi connectivity index (χ1v) is 10.4. The Hall–Kier alpha value is -3.68. The number of nitrogens with one attached hydrogen (secondary N) is 2. The van der Waals surface area contributed by atoms with Crippen LogP contribution in [0.3, 0.4) is 0 Å². The first-order chi connectivity index (χ1) is 15.3. The van der Waals surface area contributed by atoms with Crippen molar-refractivity contribution in [3.63, 3.8) is 0 Å². The number of aryl methyl sites for hydroxylation is 1. The van der Waals surface area contributed by atoms with Gasteiger partial charge in [0, 0.05) is 17.8 Å². The third-order valence-corrected chi connectivity index (χ3v) is 4.34. The van der Waals surface area contributed by atoms with E-state index in [1.165, 1.54) is 0 Å². The van der Waals surface area contributed by atoms with Crippen LogP contribution in [-0.4, -0.2) is 36.5 Å². The third kappa shape index (κ3) is 8.22. The van der Waals surface area contributed by atoms with Crippen LogP contribution in [-0.2, 0) is 30.3 Å². The van der Waals surface area contributed by atoms with E-state index in [2.05, 4.69) is 10.6 Å². The maximum atomic E-state index is 12.0. The Balaban J connectivity index is 1.72. The highest BCUT2D eigenvalue weighted by molar-refractivity contribution is 5.95. The molecule has 0 radical (unpaired) electrons. The number of carbonyl (C=O) groups is 4. The number of rotatable bonds is 10. The van der Waals surface area contributed by atoms with Crippen molar-refractivity contribution >= 4 is 35.1 Å². The third-order valence-electron chi connectivity index (χ3n) is 4.34. The molecule has 2 amide bonds. The Morgan fingerprint density at radius 2 is 1.56 bits per heavy atom. The molecule has 0 fully saturated rings. The number of hydrogen-bond donors (Lipinski definition) is 2. The van der Waals surface area contributed by atoms with Gasteiger partial charge < -0.3 is 20.1 Å². The van der Waals surface area contributed by atoms with E-state index in [9.17, 15) is 19.2 Å². The smallest absolute Gasteiger partial charge is 0.338 e. The molecule has 0 spiro atoms. The first kappa shape index (κ1) is 24.6. The number of benzene rings is 2. The van der Waals surface area contributed by atoms with Crippen LogP contribution >= 0.6 is 0 Å². The van der Waals surface area contributed by atoms with E-state index < -0.39 is 24.5 Å². The quantitative estimate of drug-likeness (QED) is 0.545. The fourth-order valence-electron chi connectivity index (χ4n) is 2.77. The normalized spacial score (nSPS) is 10.4. The average Bonchev–Trinajstić information content (AvgIpc) is 2.76. The van der Waals surface area contributed by atoms with Crippen LogP contribution in [0, 0.1) is 0 Å². The van der Waals surface area contributed by atoms with Gasteiger partial charge in [0.05, 0.1) is 18.1 Å². The van der Waals surface area contributed by atoms with E-state index in [0.717, 1.165) is 12.0 Å². The summed E-state index contributed by atoms with van der Waals surface area (Å²) in [5.41, 5.74) is 2.52. The number of amides is 2. The Labute approximate surface area is 187 Å². The van der Waals surface area contributed by atoms with Crippen LogP contribution in [0.25, 0.3) is 0 Å². The van der Waals surface area contributed by atoms with Crippen molar-refractivity contribution in [2.24, 2.45) is 0 Å². The number of esters is 2. The van der Waals surface area contributed by atoms with Crippen molar-refractivity contribution < 1.29 is 28.7 Å². The number of anilines is 2. The van der Waals surface area contributed by atoms with E-state index in [0.29, 0.717) is 16.9 Å². The number of hydrogen-bond acceptors (Lipinski definition) is 6. The molecule has 0 saturated carbocycles. The van der Waals surface area contributed by atoms with Gasteiger partial charge in [0.1, 0.15) is 0 Å². The molecule has 0 aliphatic rings. The van der Waals surface area contributed by atoms with E-state index in [1.807, 2.05) is 25.1 Å². The zero-order chi connectivity index (χ0) is 23.5. The monoisotopic (exact) mass is 440 g/mol. The fraction of sp³-hybridized carbons (Fsp3) is 0.333. The van der Waals surface area contributed by atoms with Gasteiger partial charge in [-0.1, -0.05) is 25.1 Å². The second-order valence-electron chi connectivity index (χ2n) is 7.30. The minimum absolute atomic E-state index is 0.101. The maximum Gasteiger partial charge on any atom is 0.338 e. The number of carbonyl (C=O) groups excluding carboxylic acids is 4. The van der Waals surface area contributed by atoms with E-state index in [4.69, 9.17) is 9.47 Å². The summed E-state index contributed by atoms with van der Waals surface area (Å²) in [5, 5.41) is 5.34. The molecule has 2 N–H and O–H groups in total. The van der Waals surface area contributed by atoms with Crippen molar-refractivity contribution in [2.45, 2.75) is 46.1 Å². The molecule has 0 bridgehead atoms. The zero-order valence-corrected chi connectivity index (χ0v) is 18.5. The van der Waals surface area contributed by atoms with Gasteiger partial charge in [-0.25, -0.2) is 4.79 Å². The van der Waals surface area contributed by atoms with Gasteiger partial charge in [-0.2, -0.15) is 0 Å². The van der Waals surface area contributed by atoms with Gasteiger partial charge in [-0.15, -0.1) is 0 Å². The summed E-state index contributed by atoms with van der Waals surface area (Å²) in [7, 11) is 0. The topological polar surface area (TPSA) is 111 Å². The lowest BCUT2D eigenvalue weighted by molar-refractivity contribution is -0.147. The molecule has 170 valence electrons. The molecular weight excluding hydrogens is 412 g/mol. The number of ether oxygens (including phenoxy) is 2.